The predicted octanol–water partition coefficient (Wildman–Crippen LogP) is 6.08. The Morgan fingerprint density at radius 3 is 1.35 bits per heavy atom. The van der Waals surface area contributed by atoms with Crippen LogP contribution in [0.2, 0.25) is 0 Å². The molecule has 0 atom stereocenters. The maximum absolute atomic E-state index is 3.75. The number of rotatable bonds is 1. The Bertz CT molecular complexity index is 184. The molecule has 2 fully saturated rings. The number of hydrogen-bond donors (Lipinski definition) is 0. The highest BCUT2D eigenvalue weighted by Crippen LogP contribution is 2.42. The van der Waals surface area contributed by atoms with Gasteiger partial charge in [0.1, 0.15) is 0 Å². The summed E-state index contributed by atoms with van der Waals surface area (Å²) in [7, 11) is 0. The van der Waals surface area contributed by atoms with Crippen molar-refractivity contribution in [3.8, 4) is 0 Å². The van der Waals surface area contributed by atoms with Gasteiger partial charge in [0.05, 0.1) is 0 Å². The molecule has 0 aliphatic heterocycles. The lowest BCUT2D eigenvalue weighted by Crippen LogP contribution is -2.30. The van der Waals surface area contributed by atoms with E-state index in [1.54, 1.807) is 0 Å². The minimum atomic E-state index is 0.855. The standard InChI is InChI=1S/C16H29Br/c17-16-12-15(13-16)14-10-8-6-4-2-1-3-5-7-9-11-14/h14-16H,1-13H2. The Morgan fingerprint density at radius 2 is 0.941 bits per heavy atom. The molecule has 0 heterocycles. The summed E-state index contributed by atoms with van der Waals surface area (Å²) in [4.78, 5) is 0.855. The molecule has 100 valence electrons. The summed E-state index contributed by atoms with van der Waals surface area (Å²) in [5, 5.41) is 0. The molecule has 0 amide bonds. The van der Waals surface area contributed by atoms with Crippen LogP contribution in [0.1, 0.15) is 83.5 Å². The van der Waals surface area contributed by atoms with Gasteiger partial charge in [0, 0.05) is 4.83 Å². The van der Waals surface area contributed by atoms with Gasteiger partial charge in [-0.1, -0.05) is 86.6 Å². The van der Waals surface area contributed by atoms with Crippen LogP contribution in [0.15, 0.2) is 0 Å². The summed E-state index contributed by atoms with van der Waals surface area (Å²) < 4.78 is 0. The monoisotopic (exact) mass is 300 g/mol. The Morgan fingerprint density at radius 1 is 0.529 bits per heavy atom. The average molecular weight is 301 g/mol. The van der Waals surface area contributed by atoms with E-state index in [2.05, 4.69) is 15.9 Å². The summed E-state index contributed by atoms with van der Waals surface area (Å²) in [5.74, 6) is 2.14. The average Bonchev–Trinajstić information content (AvgIpc) is 2.26. The van der Waals surface area contributed by atoms with Crippen molar-refractivity contribution < 1.29 is 0 Å². The zero-order valence-electron chi connectivity index (χ0n) is 11.3. The van der Waals surface area contributed by atoms with Gasteiger partial charge in [-0.15, -0.1) is 0 Å². The zero-order chi connectivity index (χ0) is 11.9. The van der Waals surface area contributed by atoms with Crippen LogP contribution < -0.4 is 0 Å². The first-order chi connectivity index (χ1) is 8.36. The lowest BCUT2D eigenvalue weighted by molar-refractivity contribution is 0.186. The third-order valence-electron chi connectivity index (χ3n) is 4.93. The van der Waals surface area contributed by atoms with Crippen LogP contribution in [0.3, 0.4) is 0 Å². The van der Waals surface area contributed by atoms with Crippen LogP contribution in [-0.4, -0.2) is 4.83 Å². The Balaban J connectivity index is 1.72. The van der Waals surface area contributed by atoms with Crippen LogP contribution in [0.5, 0.6) is 0 Å². The lowest BCUT2D eigenvalue weighted by atomic mass is 9.72. The van der Waals surface area contributed by atoms with Crippen molar-refractivity contribution in [3.63, 3.8) is 0 Å². The van der Waals surface area contributed by atoms with Gasteiger partial charge in [-0.05, 0) is 24.7 Å². The minimum Gasteiger partial charge on any atom is -0.0890 e. The van der Waals surface area contributed by atoms with Gasteiger partial charge >= 0.3 is 0 Å². The second-order valence-corrected chi connectivity index (χ2v) is 7.64. The highest BCUT2D eigenvalue weighted by Gasteiger charge is 2.32. The van der Waals surface area contributed by atoms with E-state index in [0.717, 1.165) is 16.7 Å². The maximum atomic E-state index is 3.75. The molecular formula is C16H29Br. The van der Waals surface area contributed by atoms with E-state index in [4.69, 9.17) is 0 Å². The van der Waals surface area contributed by atoms with Gasteiger partial charge < -0.3 is 0 Å². The quantitative estimate of drug-likeness (QED) is 0.515. The second-order valence-electron chi connectivity index (χ2n) is 6.35. The smallest absolute Gasteiger partial charge is 0.0151 e. The molecule has 0 spiro atoms. The first-order valence-corrected chi connectivity index (χ1v) is 8.92. The maximum Gasteiger partial charge on any atom is 0.0151 e. The molecule has 0 radical (unpaired) electrons. The number of hydrogen-bond acceptors (Lipinski definition) is 0. The van der Waals surface area contributed by atoms with Gasteiger partial charge in [0.15, 0.2) is 0 Å². The van der Waals surface area contributed by atoms with Crippen molar-refractivity contribution in [2.24, 2.45) is 11.8 Å². The van der Waals surface area contributed by atoms with E-state index in [0.29, 0.717) is 0 Å². The molecule has 2 saturated carbocycles. The second kappa shape index (κ2) is 7.81. The largest absolute Gasteiger partial charge is 0.0890 e. The topological polar surface area (TPSA) is 0 Å². The van der Waals surface area contributed by atoms with E-state index >= 15 is 0 Å². The van der Waals surface area contributed by atoms with Crippen molar-refractivity contribution in [1.29, 1.82) is 0 Å². The molecule has 0 N–H and O–H groups in total. The Kier molecular flexibility index (Phi) is 6.39. The molecular weight excluding hydrogens is 272 g/mol. The third-order valence-corrected chi connectivity index (χ3v) is 5.68. The van der Waals surface area contributed by atoms with E-state index in [1.165, 1.54) is 83.5 Å². The predicted molar refractivity (Wildman–Crippen MR) is 79.7 cm³/mol. The highest BCUT2D eigenvalue weighted by molar-refractivity contribution is 9.09. The molecule has 0 saturated heterocycles. The summed E-state index contributed by atoms with van der Waals surface area (Å²) in [6, 6.07) is 0. The van der Waals surface area contributed by atoms with Gasteiger partial charge in [-0.25, -0.2) is 0 Å². The van der Waals surface area contributed by atoms with Crippen LogP contribution in [0, 0.1) is 11.8 Å². The first kappa shape index (κ1) is 13.9. The summed E-state index contributed by atoms with van der Waals surface area (Å²) in [6.07, 6.45) is 19.5. The number of halogens is 1. The van der Waals surface area contributed by atoms with Gasteiger partial charge in [-0.3, -0.25) is 0 Å². The molecule has 0 aromatic rings. The molecule has 2 rings (SSSR count). The SMILES string of the molecule is BrC1CC(C2CCCCCCCCCCC2)C1. The van der Waals surface area contributed by atoms with Crippen molar-refractivity contribution in [2.45, 2.75) is 88.3 Å². The van der Waals surface area contributed by atoms with Crippen LogP contribution in [0.4, 0.5) is 0 Å². The van der Waals surface area contributed by atoms with Crippen molar-refractivity contribution >= 4 is 15.9 Å². The van der Waals surface area contributed by atoms with Gasteiger partial charge in [0.25, 0.3) is 0 Å². The molecule has 2 aliphatic rings. The Hall–Kier alpha value is 0.480. The number of alkyl halides is 1. The lowest BCUT2D eigenvalue weighted by Gasteiger charge is -2.38. The molecule has 0 aromatic heterocycles. The van der Waals surface area contributed by atoms with E-state index in [1.807, 2.05) is 0 Å². The van der Waals surface area contributed by atoms with Crippen LogP contribution in [0.25, 0.3) is 0 Å². The zero-order valence-corrected chi connectivity index (χ0v) is 12.9. The molecule has 1 heteroatoms. The third kappa shape index (κ3) is 4.93. The molecule has 0 bridgehead atoms. The fourth-order valence-electron chi connectivity index (χ4n) is 3.64. The Labute approximate surface area is 116 Å². The fraction of sp³-hybridized carbons (Fsp3) is 1.00. The van der Waals surface area contributed by atoms with E-state index in [9.17, 15) is 0 Å². The normalized spacial score (nSPS) is 34.4. The minimum absolute atomic E-state index is 0.855. The molecule has 2 aliphatic carbocycles. The van der Waals surface area contributed by atoms with Crippen molar-refractivity contribution in [1.82, 2.24) is 0 Å². The molecule has 0 unspecified atom stereocenters. The van der Waals surface area contributed by atoms with E-state index in [-0.39, 0.29) is 0 Å². The fourth-order valence-corrected chi connectivity index (χ4v) is 4.60. The van der Waals surface area contributed by atoms with Crippen LogP contribution >= 0.6 is 15.9 Å². The summed E-state index contributed by atoms with van der Waals surface area (Å²) in [5.41, 5.74) is 0. The molecule has 17 heavy (non-hydrogen) atoms. The van der Waals surface area contributed by atoms with Crippen molar-refractivity contribution in [3.05, 3.63) is 0 Å². The summed E-state index contributed by atoms with van der Waals surface area (Å²) in [6.45, 7) is 0. The highest BCUT2D eigenvalue weighted by atomic mass is 79.9. The van der Waals surface area contributed by atoms with Gasteiger partial charge in [0.2, 0.25) is 0 Å². The van der Waals surface area contributed by atoms with Gasteiger partial charge in [-0.2, -0.15) is 0 Å². The van der Waals surface area contributed by atoms with E-state index < -0.39 is 0 Å². The first-order valence-electron chi connectivity index (χ1n) is 8.00. The van der Waals surface area contributed by atoms with Crippen LogP contribution in [-0.2, 0) is 0 Å². The molecule has 0 nitrogen and oxygen atoms in total. The van der Waals surface area contributed by atoms with Crippen molar-refractivity contribution in [2.75, 3.05) is 0 Å². The molecule has 0 aromatic carbocycles. The summed E-state index contributed by atoms with van der Waals surface area (Å²) >= 11 is 3.75.